The van der Waals surface area contributed by atoms with Gasteiger partial charge in [-0.25, -0.2) is 4.39 Å². The minimum Gasteiger partial charge on any atom is -0.490 e. The quantitative estimate of drug-likeness (QED) is 0.0209. The normalized spacial score (nSPS) is 20.2. The van der Waals surface area contributed by atoms with Gasteiger partial charge in [-0.2, -0.15) is 5.26 Å². The number of piperidine rings is 1. The third-order valence-electron chi connectivity index (χ3n) is 18.5. The van der Waals surface area contributed by atoms with Gasteiger partial charge in [-0.3, -0.25) is 29.3 Å². The van der Waals surface area contributed by atoms with Crippen LogP contribution >= 0.6 is 0 Å². The van der Waals surface area contributed by atoms with Crippen LogP contribution in [0.1, 0.15) is 92.4 Å². The van der Waals surface area contributed by atoms with Crippen molar-refractivity contribution in [2.75, 3.05) is 55.5 Å². The Morgan fingerprint density at radius 2 is 1.02 bits per heavy atom. The number of nitro groups is 1. The molecule has 530 valence electrons. The van der Waals surface area contributed by atoms with Crippen molar-refractivity contribution in [3.05, 3.63) is 184 Å². The van der Waals surface area contributed by atoms with E-state index in [4.69, 9.17) is 46.1 Å². The number of amides is 4. The second-order valence-electron chi connectivity index (χ2n) is 25.8. The highest BCUT2D eigenvalue weighted by Crippen LogP contribution is 2.49. The number of nitrogens with zero attached hydrogens (tertiary/aromatic N) is 3. The molecule has 3 heterocycles. The maximum Gasteiger partial charge on any atom is 0.573 e. The van der Waals surface area contributed by atoms with Gasteiger partial charge in [-0.1, -0.05) is 66.7 Å². The summed E-state index contributed by atoms with van der Waals surface area (Å²) in [4.78, 5) is 60.8. The van der Waals surface area contributed by atoms with Gasteiger partial charge in [-0.05, 0) is 149 Å². The summed E-state index contributed by atoms with van der Waals surface area (Å²) in [5.74, 6) is 0.390. The number of carbonyl (C=O) groups is 4. The van der Waals surface area contributed by atoms with Crippen molar-refractivity contribution in [3.63, 3.8) is 0 Å². The number of anilines is 3. The fraction of sp³-hybridized carbons (Fsp3) is 0.382. The summed E-state index contributed by atoms with van der Waals surface area (Å²) in [6.07, 6.45) is -0.144. The number of rotatable bonds is 22. The van der Waals surface area contributed by atoms with E-state index in [1.54, 1.807) is 30.3 Å². The highest BCUT2D eigenvalue weighted by molar-refractivity contribution is 5.97. The number of nitrogens with two attached hydrogens (primary N) is 3. The smallest absolute Gasteiger partial charge is 0.490 e. The van der Waals surface area contributed by atoms with Crippen LogP contribution in [0, 0.1) is 39.2 Å². The van der Waals surface area contributed by atoms with Crippen LogP contribution in [0.25, 0.3) is 33.4 Å². The predicted octanol–water partition coefficient (Wildman–Crippen LogP) is 12.4. The van der Waals surface area contributed by atoms with E-state index in [1.807, 2.05) is 115 Å². The number of nitriles is 1. The largest absolute Gasteiger partial charge is 0.573 e. The highest BCUT2D eigenvalue weighted by atomic mass is 19.4. The molecule has 13 rings (SSSR count). The van der Waals surface area contributed by atoms with Crippen LogP contribution in [0.2, 0.25) is 0 Å². The summed E-state index contributed by atoms with van der Waals surface area (Å²) in [6, 6.07) is 46.8. The zero-order chi connectivity index (χ0) is 71.2. The Balaban J connectivity index is 0.000000154. The Hall–Kier alpha value is -9.97. The summed E-state index contributed by atoms with van der Waals surface area (Å²) in [7, 11) is 0. The molecule has 6 aliphatic rings. The van der Waals surface area contributed by atoms with Gasteiger partial charge in [0.2, 0.25) is 29.7 Å². The molecule has 0 bridgehead atoms. The number of nitrogens with one attached hydrogen (secondary N) is 3. The van der Waals surface area contributed by atoms with E-state index in [1.165, 1.54) is 17.0 Å². The molecule has 6 fully saturated rings. The van der Waals surface area contributed by atoms with E-state index < -0.39 is 30.6 Å². The third-order valence-corrected chi connectivity index (χ3v) is 18.5. The number of likely N-dealkylation sites (tertiary alicyclic amines) is 1. The van der Waals surface area contributed by atoms with Crippen molar-refractivity contribution >= 4 is 40.7 Å². The molecule has 7 aromatic rings. The first-order valence-electron chi connectivity index (χ1n) is 34.0. The second kappa shape index (κ2) is 33.5. The molecule has 0 aromatic heterocycles. The molecule has 101 heavy (non-hydrogen) atoms. The second-order valence-corrected chi connectivity index (χ2v) is 25.8. The number of hydrogen-bond acceptors (Lipinski definition) is 16. The van der Waals surface area contributed by atoms with E-state index in [9.17, 15) is 46.9 Å². The Labute approximate surface area is 582 Å². The van der Waals surface area contributed by atoms with Crippen molar-refractivity contribution in [2.24, 2.45) is 35.0 Å². The molecule has 0 radical (unpaired) electrons. The Morgan fingerprint density at radius 1 is 0.574 bits per heavy atom. The third kappa shape index (κ3) is 19.9. The zero-order valence-electron chi connectivity index (χ0n) is 55.5. The van der Waals surface area contributed by atoms with Gasteiger partial charge >= 0.3 is 6.36 Å². The maximum absolute atomic E-state index is 14.7. The molecule has 9 N–H and O–H groups in total. The molecule has 0 spiro atoms. The molecule has 3 aliphatic carbocycles. The monoisotopic (exact) mass is 1390 g/mol. The molecule has 0 unspecified atom stereocenters. The Morgan fingerprint density at radius 3 is 1.44 bits per heavy atom. The Bertz CT molecular complexity index is 4120. The van der Waals surface area contributed by atoms with Crippen LogP contribution in [0.5, 0.6) is 23.0 Å². The molecule has 3 saturated carbocycles. The van der Waals surface area contributed by atoms with Crippen molar-refractivity contribution in [2.45, 2.75) is 127 Å². The molecule has 6 atom stereocenters. The van der Waals surface area contributed by atoms with Crippen LogP contribution in [0.15, 0.2) is 152 Å². The van der Waals surface area contributed by atoms with Crippen molar-refractivity contribution in [1.82, 2.24) is 4.90 Å². The average molecular weight is 1390 g/mol. The fourth-order valence-electron chi connectivity index (χ4n) is 12.5. The number of alkyl halides is 4. The number of carbonyl (C=O) groups excluding carboxylic acids is 4. The fourth-order valence-corrected chi connectivity index (χ4v) is 12.5. The van der Waals surface area contributed by atoms with Crippen LogP contribution in [0.4, 0.5) is 34.6 Å². The van der Waals surface area contributed by atoms with Crippen LogP contribution in [-0.2, 0) is 48.3 Å². The molecular formula is C76H81F4N9O12. The first-order chi connectivity index (χ1) is 48.8. The lowest BCUT2D eigenvalue weighted by molar-refractivity contribution is -0.497. The lowest BCUT2D eigenvalue weighted by Crippen LogP contribution is -2.49. The number of ether oxygens (including phenoxy) is 6. The summed E-state index contributed by atoms with van der Waals surface area (Å²) in [5, 5.41) is 28.2. The van der Waals surface area contributed by atoms with Crippen molar-refractivity contribution in [3.8, 4) is 62.4 Å². The number of benzene rings is 7. The van der Waals surface area contributed by atoms with Crippen molar-refractivity contribution < 1.29 is 70.1 Å². The standard InChI is InChI=1S/C29H29F3N2O4.C25H27FN4O3.C22H25N3O5/c30-29(31,32)38-24-7-4-18(5-8-24)25-16-26(25)28(35)34-22-3-1-2-19(15-22)20-6-9-27(21(14-20)17-33)37-23-10-12-36-13-11-23;26-21-15-30(24(31)8-10-27)11-9-23(21)33-22-7-6-18(12-19(22)14-28)17-2-1-3-20(13-17)29-25(32)16-4-5-16;23-13-16-10-15(4-5-21(16)30-18-6-8-29-9-7-18)14-2-1-3-17(11-14)24-22(26)19-12-20(19)25(27)28/h1-9,14-15,23,25-26H,10-13,16-17,33H2,(H,34,35);1-3,6-7,12-13,16,21,23H,4-5,8-9,11,14-15,28H2,(H,29,32);1-5,10-11,18-20H,6-9,12-13,23H2,(H,24,26)/t25-,26+;21-,23+;19-,20-/m110/s1. The van der Waals surface area contributed by atoms with Crippen molar-refractivity contribution in [1.29, 1.82) is 5.26 Å². The van der Waals surface area contributed by atoms with Gasteiger partial charge in [0.05, 0.1) is 39.0 Å². The zero-order valence-corrected chi connectivity index (χ0v) is 55.5. The summed E-state index contributed by atoms with van der Waals surface area (Å²) >= 11 is 0. The topological polar surface area (TPSA) is 308 Å². The molecular weight excluding hydrogens is 1310 g/mol. The summed E-state index contributed by atoms with van der Waals surface area (Å²) in [5.41, 5.74) is 29.0. The summed E-state index contributed by atoms with van der Waals surface area (Å²) in [6.45, 7) is 4.00. The molecule has 25 heteroatoms. The van der Waals surface area contributed by atoms with E-state index in [2.05, 4.69) is 20.7 Å². The SMILES string of the molecule is N#CCC(=O)N1CC[C@H](Oc2ccc(-c3cccc(NC(=O)C4CC4)c3)cc2CN)[C@H](F)C1.NCc1cc(-c2cccc(NC(=O)[C@H]3C[C@@H]3[N+](=O)[O-])c2)ccc1OC1CCOCC1.NCc1cc(-c2cccc(NC(=O)[C@H]3C[C@@H]3c3ccc(OC(F)(F)F)cc3)c2)ccc1OC1CCOCC1. The van der Waals surface area contributed by atoms with Crippen LogP contribution in [-0.4, -0.2) is 110 Å². The minimum absolute atomic E-state index is 0.0338. The molecule has 3 saturated heterocycles. The lowest BCUT2D eigenvalue weighted by atomic mass is 10.0. The number of hydrogen-bond donors (Lipinski definition) is 6. The lowest BCUT2D eigenvalue weighted by Gasteiger charge is -2.34. The average Bonchev–Trinajstić information content (AvgIpc) is 1.69. The molecule has 4 amide bonds. The number of halogens is 4. The molecule has 21 nitrogen and oxygen atoms in total. The summed E-state index contributed by atoms with van der Waals surface area (Å²) < 4.78 is 84.8. The molecule has 7 aromatic carbocycles. The highest BCUT2D eigenvalue weighted by Gasteiger charge is 2.53. The predicted molar refractivity (Wildman–Crippen MR) is 370 cm³/mol. The van der Waals surface area contributed by atoms with E-state index in [0.717, 1.165) is 111 Å². The van der Waals surface area contributed by atoms with Crippen LogP contribution in [0.3, 0.4) is 0 Å². The first-order valence-corrected chi connectivity index (χ1v) is 34.0. The maximum atomic E-state index is 14.7. The van der Waals surface area contributed by atoms with E-state index in [-0.39, 0.29) is 83.8 Å². The molecule has 3 aliphatic heterocycles. The van der Waals surface area contributed by atoms with Gasteiger partial charge < -0.3 is 66.5 Å². The van der Waals surface area contributed by atoms with Gasteiger partial charge in [0.1, 0.15) is 53.6 Å². The van der Waals surface area contributed by atoms with E-state index in [0.29, 0.717) is 82.4 Å². The Kier molecular flexibility index (Phi) is 24.0. The van der Waals surface area contributed by atoms with Gasteiger partial charge in [0.15, 0.2) is 6.17 Å². The van der Waals surface area contributed by atoms with Crippen LogP contribution < -0.4 is 52.1 Å². The first kappa shape index (κ1) is 72.3. The van der Waals surface area contributed by atoms with E-state index >= 15 is 0 Å². The van der Waals surface area contributed by atoms with Gasteiger partial charge in [0.25, 0.3) is 0 Å². The van der Waals surface area contributed by atoms with Gasteiger partial charge in [0, 0.05) is 115 Å². The minimum atomic E-state index is -4.73. The van der Waals surface area contributed by atoms with Gasteiger partial charge in [-0.15, -0.1) is 13.2 Å².